The quantitative estimate of drug-likeness (QED) is 0.678. The van der Waals surface area contributed by atoms with Crippen LogP contribution in [0.2, 0.25) is 0 Å². The first-order chi connectivity index (χ1) is 13.4. The smallest absolute Gasteiger partial charge is 0.134 e. The Labute approximate surface area is 171 Å². The number of benzene rings is 1. The van der Waals surface area contributed by atoms with Crippen molar-refractivity contribution in [3.63, 3.8) is 0 Å². The van der Waals surface area contributed by atoms with E-state index in [4.69, 9.17) is 18.0 Å². The van der Waals surface area contributed by atoms with Crippen LogP contribution in [0.25, 0.3) is 0 Å². The molecule has 4 aliphatic rings. The van der Waals surface area contributed by atoms with Crippen molar-refractivity contribution in [2.45, 2.75) is 75.2 Å². The first-order valence-electron chi connectivity index (χ1n) is 10.7. The Morgan fingerprint density at radius 3 is 2.71 bits per heavy atom. The molecule has 0 spiro atoms. The van der Waals surface area contributed by atoms with Crippen LogP contribution in [0.4, 0.5) is 0 Å². The van der Waals surface area contributed by atoms with Crippen LogP contribution in [-0.4, -0.2) is 26.6 Å². The molecule has 1 aromatic rings. The summed E-state index contributed by atoms with van der Waals surface area (Å²) in [6.45, 7) is 0. The maximum atomic E-state index is 12.6. The zero-order chi connectivity index (χ0) is 19.7. The van der Waals surface area contributed by atoms with Gasteiger partial charge in [-0.2, -0.15) is 0 Å². The second-order valence-electron chi connectivity index (χ2n) is 9.72. The monoisotopic (exact) mass is 399 g/mol. The Hall–Kier alpha value is -1.46. The van der Waals surface area contributed by atoms with Crippen LogP contribution in [0.1, 0.15) is 74.5 Å². The largest absolute Gasteiger partial charge is 0.507 e. The van der Waals surface area contributed by atoms with Crippen LogP contribution in [0.3, 0.4) is 0 Å². The fourth-order valence-electron chi connectivity index (χ4n) is 6.99. The van der Waals surface area contributed by atoms with Crippen LogP contribution in [0, 0.1) is 17.8 Å². The third kappa shape index (κ3) is 2.38. The average molecular weight is 400 g/mol. The van der Waals surface area contributed by atoms with Gasteiger partial charge >= 0.3 is 0 Å². The number of aromatic hydroxyl groups is 1. The van der Waals surface area contributed by atoms with E-state index in [1.165, 1.54) is 25.7 Å². The van der Waals surface area contributed by atoms with Crippen molar-refractivity contribution >= 4 is 23.0 Å². The Balaban J connectivity index is 1.66. The van der Waals surface area contributed by atoms with Crippen molar-refractivity contribution in [3.8, 4) is 5.75 Å². The summed E-state index contributed by atoms with van der Waals surface area (Å²) in [6.07, 6.45) is 8.98. The van der Waals surface area contributed by atoms with Crippen LogP contribution >= 0.6 is 12.2 Å². The summed E-state index contributed by atoms with van der Waals surface area (Å²) in [5, 5.41) is 23.2. The predicted molar refractivity (Wildman–Crippen MR) is 111 cm³/mol. The van der Waals surface area contributed by atoms with Gasteiger partial charge in [-0.05, 0) is 61.5 Å². The molecule has 1 aromatic carbocycles. The molecule has 2 bridgehead atoms. The van der Waals surface area contributed by atoms with Crippen LogP contribution in [0.5, 0.6) is 5.75 Å². The third-order valence-corrected chi connectivity index (χ3v) is 8.77. The maximum Gasteiger partial charge on any atom is 0.134 e. The number of phenolic OH excluding ortho intramolecular Hbond substituents is 1. The molecule has 5 rings (SSSR count). The molecule has 4 aliphatic carbocycles. The molecule has 150 valence electrons. The van der Waals surface area contributed by atoms with Gasteiger partial charge in [-0.25, -0.2) is 0 Å². The summed E-state index contributed by atoms with van der Waals surface area (Å²) in [5.74, 6) is 1.75. The molecule has 3 fully saturated rings. The van der Waals surface area contributed by atoms with Crippen molar-refractivity contribution in [3.05, 3.63) is 28.8 Å². The fraction of sp³-hybridized carbons (Fsp3) is 0.652. The number of carbonyl (C=O) groups excluding carboxylic acids is 1. The lowest BCUT2D eigenvalue weighted by atomic mass is 9.43. The van der Waals surface area contributed by atoms with E-state index in [1.807, 2.05) is 6.07 Å². The number of Topliss-reactive ketones (excluding diaryl/α,β-unsaturated/α-hetero) is 1. The molecule has 0 aromatic heterocycles. The molecule has 0 aliphatic heterocycles. The zero-order valence-electron chi connectivity index (χ0n) is 16.2. The lowest BCUT2D eigenvalue weighted by molar-refractivity contribution is -0.174. The average Bonchev–Trinajstić information content (AvgIpc) is 2.59. The second-order valence-corrected chi connectivity index (χ2v) is 10.2. The summed E-state index contributed by atoms with van der Waals surface area (Å²) in [4.78, 5) is 12.7. The SMILES string of the molecule is NC(=S)c1ccc2c(c1O)C13CCC(CC4CCC4)C(C2)C1(O)CCC(=O)C3. The Kier molecular flexibility index (Phi) is 4.15. The Morgan fingerprint density at radius 2 is 2.04 bits per heavy atom. The van der Waals surface area contributed by atoms with Crippen LogP contribution < -0.4 is 5.73 Å². The predicted octanol–water partition coefficient (Wildman–Crippen LogP) is 3.52. The highest BCUT2D eigenvalue weighted by Crippen LogP contribution is 2.64. The minimum absolute atomic E-state index is 0.0917. The Morgan fingerprint density at radius 1 is 1.25 bits per heavy atom. The summed E-state index contributed by atoms with van der Waals surface area (Å²) >= 11 is 5.14. The Bertz CT molecular complexity index is 864. The van der Waals surface area contributed by atoms with Crippen molar-refractivity contribution in [2.24, 2.45) is 23.5 Å². The molecule has 4 atom stereocenters. The zero-order valence-corrected chi connectivity index (χ0v) is 17.1. The number of hydrogen-bond acceptors (Lipinski definition) is 4. The first-order valence-corrected chi connectivity index (χ1v) is 11.2. The number of carbonyl (C=O) groups is 1. The number of rotatable bonds is 3. The molecule has 4 nitrogen and oxygen atoms in total. The number of nitrogens with two attached hydrogens (primary N) is 1. The standard InChI is InChI=1S/C23H29NO3S/c24-21(28)17-5-4-15-11-18-14(10-13-2-1-3-13)6-8-22(19(15)20(17)26)12-16(25)7-9-23(18,22)27/h4-5,13-14,18,26-27H,1-3,6-12H2,(H2,24,28). The van der Waals surface area contributed by atoms with Gasteiger partial charge in [0, 0.05) is 23.8 Å². The molecule has 5 heteroatoms. The van der Waals surface area contributed by atoms with Crippen molar-refractivity contribution in [2.75, 3.05) is 0 Å². The molecule has 0 radical (unpaired) electrons. The van der Waals surface area contributed by atoms with Gasteiger partial charge in [-0.15, -0.1) is 0 Å². The third-order valence-electron chi connectivity index (χ3n) is 8.55. The molecular formula is C23H29NO3S. The van der Waals surface area contributed by atoms with E-state index in [2.05, 4.69) is 0 Å². The molecule has 28 heavy (non-hydrogen) atoms. The minimum Gasteiger partial charge on any atom is -0.507 e. The lowest BCUT2D eigenvalue weighted by Gasteiger charge is -2.63. The number of ketones is 1. The van der Waals surface area contributed by atoms with E-state index in [0.717, 1.165) is 36.3 Å². The van der Waals surface area contributed by atoms with Gasteiger partial charge in [0.2, 0.25) is 0 Å². The highest BCUT2D eigenvalue weighted by atomic mass is 32.1. The number of phenols is 1. The lowest BCUT2D eigenvalue weighted by Crippen LogP contribution is -2.67. The number of thiocarbonyl (C=S) groups is 1. The molecule has 0 amide bonds. The number of hydrogen-bond donors (Lipinski definition) is 3. The van der Waals surface area contributed by atoms with E-state index >= 15 is 0 Å². The molecule has 4 unspecified atom stereocenters. The number of fused-ring (bicyclic) bond motifs is 1. The molecule has 0 heterocycles. The van der Waals surface area contributed by atoms with Crippen LogP contribution in [0.15, 0.2) is 12.1 Å². The first kappa shape index (κ1) is 18.6. The maximum absolute atomic E-state index is 12.6. The van der Waals surface area contributed by atoms with E-state index in [9.17, 15) is 15.0 Å². The fourth-order valence-corrected chi connectivity index (χ4v) is 7.16. The molecule has 4 N–H and O–H groups in total. The summed E-state index contributed by atoms with van der Waals surface area (Å²) < 4.78 is 0. The van der Waals surface area contributed by atoms with Gasteiger partial charge in [-0.3, -0.25) is 4.79 Å². The van der Waals surface area contributed by atoms with E-state index in [0.29, 0.717) is 30.7 Å². The minimum atomic E-state index is -0.924. The van der Waals surface area contributed by atoms with E-state index in [1.54, 1.807) is 6.07 Å². The normalized spacial score (nSPS) is 37.0. The van der Waals surface area contributed by atoms with E-state index in [-0.39, 0.29) is 22.4 Å². The highest BCUT2D eigenvalue weighted by molar-refractivity contribution is 7.80. The summed E-state index contributed by atoms with van der Waals surface area (Å²) in [6, 6.07) is 3.82. The molecule has 3 saturated carbocycles. The van der Waals surface area contributed by atoms with Gasteiger partial charge in [0.25, 0.3) is 0 Å². The summed E-state index contributed by atoms with van der Waals surface area (Å²) in [7, 11) is 0. The molecule has 0 saturated heterocycles. The van der Waals surface area contributed by atoms with Gasteiger partial charge in [0.15, 0.2) is 0 Å². The second kappa shape index (κ2) is 6.27. The molecular weight excluding hydrogens is 370 g/mol. The van der Waals surface area contributed by atoms with Crippen molar-refractivity contribution < 1.29 is 15.0 Å². The van der Waals surface area contributed by atoms with Gasteiger partial charge in [-0.1, -0.05) is 37.5 Å². The van der Waals surface area contributed by atoms with Gasteiger partial charge < -0.3 is 15.9 Å². The summed E-state index contributed by atoms with van der Waals surface area (Å²) in [5.41, 5.74) is 6.51. The van der Waals surface area contributed by atoms with Gasteiger partial charge in [0.1, 0.15) is 16.5 Å². The topological polar surface area (TPSA) is 83.6 Å². The van der Waals surface area contributed by atoms with Crippen LogP contribution in [-0.2, 0) is 16.6 Å². The van der Waals surface area contributed by atoms with E-state index < -0.39 is 11.0 Å². The van der Waals surface area contributed by atoms with Crippen molar-refractivity contribution in [1.29, 1.82) is 0 Å². The van der Waals surface area contributed by atoms with Crippen molar-refractivity contribution in [1.82, 2.24) is 0 Å². The van der Waals surface area contributed by atoms with Gasteiger partial charge in [0.05, 0.1) is 11.2 Å². The number of aliphatic hydroxyl groups is 1. The highest BCUT2D eigenvalue weighted by Gasteiger charge is 2.65.